The standard InChI is InChI=1S/C18H23N5O4S/c1-13-8-16(5-6-17(13)27-2)28(25,26)22-11-15(12-22)23-10-14(19-20-23)9-21-7-3-4-18(21)24/h5-6,8,10,15H,3-4,7,9,11-12H2,1-2H3. The molecule has 2 aliphatic heterocycles. The fourth-order valence-electron chi connectivity index (χ4n) is 3.57. The number of rotatable bonds is 6. The number of carbonyl (C=O) groups excluding carboxylic acids is 1. The van der Waals surface area contributed by atoms with Crippen LogP contribution in [0.1, 0.15) is 30.1 Å². The van der Waals surface area contributed by atoms with Gasteiger partial charge in [-0.3, -0.25) is 4.79 Å². The molecule has 0 atom stereocenters. The monoisotopic (exact) mass is 405 g/mol. The number of methoxy groups -OCH3 is 1. The number of carbonyl (C=O) groups is 1. The number of hydrogen-bond acceptors (Lipinski definition) is 6. The second-order valence-electron chi connectivity index (χ2n) is 7.22. The summed E-state index contributed by atoms with van der Waals surface area (Å²) < 4.78 is 33.9. The molecule has 2 fully saturated rings. The van der Waals surface area contributed by atoms with Crippen LogP contribution in [0.4, 0.5) is 0 Å². The van der Waals surface area contributed by atoms with Gasteiger partial charge in [-0.25, -0.2) is 13.1 Å². The van der Waals surface area contributed by atoms with E-state index in [2.05, 4.69) is 10.3 Å². The van der Waals surface area contributed by atoms with Crippen LogP contribution in [-0.4, -0.2) is 65.3 Å². The zero-order chi connectivity index (χ0) is 19.9. The van der Waals surface area contributed by atoms with Crippen molar-refractivity contribution in [2.75, 3.05) is 26.7 Å². The van der Waals surface area contributed by atoms with Gasteiger partial charge in [-0.2, -0.15) is 4.31 Å². The molecule has 2 aliphatic rings. The third kappa shape index (κ3) is 3.37. The van der Waals surface area contributed by atoms with Crippen molar-refractivity contribution >= 4 is 15.9 Å². The van der Waals surface area contributed by atoms with Gasteiger partial charge in [0.2, 0.25) is 15.9 Å². The minimum absolute atomic E-state index is 0.0513. The molecule has 0 unspecified atom stereocenters. The van der Waals surface area contributed by atoms with Crippen LogP contribution in [0.3, 0.4) is 0 Å². The molecule has 0 radical (unpaired) electrons. The maximum absolute atomic E-state index is 12.8. The smallest absolute Gasteiger partial charge is 0.243 e. The predicted octanol–water partition coefficient (Wildman–Crippen LogP) is 0.963. The summed E-state index contributed by atoms with van der Waals surface area (Å²) in [4.78, 5) is 13.8. The van der Waals surface area contributed by atoms with E-state index in [1.54, 1.807) is 41.1 Å². The Hall–Kier alpha value is -2.46. The summed E-state index contributed by atoms with van der Waals surface area (Å²) in [5, 5.41) is 8.25. The van der Waals surface area contributed by atoms with E-state index in [0.717, 1.165) is 24.2 Å². The maximum atomic E-state index is 12.8. The Bertz CT molecular complexity index is 997. The van der Waals surface area contributed by atoms with Gasteiger partial charge in [0.15, 0.2) is 0 Å². The first-order valence-electron chi connectivity index (χ1n) is 9.22. The Morgan fingerprint density at radius 3 is 2.71 bits per heavy atom. The zero-order valence-electron chi connectivity index (χ0n) is 15.9. The number of sulfonamides is 1. The third-order valence-corrected chi connectivity index (χ3v) is 7.12. The van der Waals surface area contributed by atoms with Crippen LogP contribution in [0.25, 0.3) is 0 Å². The Balaban J connectivity index is 1.40. The van der Waals surface area contributed by atoms with Crippen molar-refractivity contribution in [3.8, 4) is 5.75 Å². The van der Waals surface area contributed by atoms with Crippen LogP contribution in [0, 0.1) is 6.92 Å². The number of benzene rings is 1. The Labute approximate surface area is 163 Å². The summed E-state index contributed by atoms with van der Waals surface area (Å²) in [5.74, 6) is 0.803. The number of likely N-dealkylation sites (tertiary alicyclic amines) is 1. The van der Waals surface area contributed by atoms with Gasteiger partial charge in [-0.1, -0.05) is 5.21 Å². The molecule has 1 aromatic heterocycles. The van der Waals surface area contributed by atoms with Crippen molar-refractivity contribution in [1.82, 2.24) is 24.2 Å². The van der Waals surface area contributed by atoms with Crippen molar-refractivity contribution in [1.29, 1.82) is 0 Å². The molecule has 1 amide bonds. The van der Waals surface area contributed by atoms with E-state index < -0.39 is 10.0 Å². The van der Waals surface area contributed by atoms with E-state index in [9.17, 15) is 13.2 Å². The van der Waals surface area contributed by atoms with Crippen LogP contribution in [0.15, 0.2) is 29.3 Å². The molecule has 0 saturated carbocycles. The van der Waals surface area contributed by atoms with Crippen LogP contribution in [0.5, 0.6) is 5.75 Å². The molecule has 0 N–H and O–H groups in total. The van der Waals surface area contributed by atoms with Crippen molar-refractivity contribution in [3.05, 3.63) is 35.7 Å². The first-order valence-corrected chi connectivity index (χ1v) is 10.7. The lowest BCUT2D eigenvalue weighted by molar-refractivity contribution is -0.128. The number of amides is 1. The molecule has 28 heavy (non-hydrogen) atoms. The average Bonchev–Trinajstić information content (AvgIpc) is 3.23. The van der Waals surface area contributed by atoms with Crippen molar-refractivity contribution < 1.29 is 17.9 Å². The highest BCUT2D eigenvalue weighted by Crippen LogP contribution is 2.30. The third-order valence-electron chi connectivity index (χ3n) is 5.29. The van der Waals surface area contributed by atoms with Crippen LogP contribution < -0.4 is 4.74 Å². The first-order chi connectivity index (χ1) is 13.4. The Morgan fingerprint density at radius 1 is 1.29 bits per heavy atom. The van der Waals surface area contributed by atoms with Crippen molar-refractivity contribution in [2.24, 2.45) is 0 Å². The van der Waals surface area contributed by atoms with Gasteiger partial charge in [0.05, 0.1) is 30.8 Å². The Kier molecular flexibility index (Phi) is 4.84. The van der Waals surface area contributed by atoms with Gasteiger partial charge >= 0.3 is 0 Å². The zero-order valence-corrected chi connectivity index (χ0v) is 16.7. The summed E-state index contributed by atoms with van der Waals surface area (Å²) in [6.07, 6.45) is 3.28. The second kappa shape index (κ2) is 7.17. The van der Waals surface area contributed by atoms with Gasteiger partial charge in [0, 0.05) is 26.1 Å². The number of hydrogen-bond donors (Lipinski definition) is 0. The highest BCUT2D eigenvalue weighted by molar-refractivity contribution is 7.89. The molecule has 150 valence electrons. The lowest BCUT2D eigenvalue weighted by Gasteiger charge is -2.37. The molecule has 9 nitrogen and oxygen atoms in total. The van der Waals surface area contributed by atoms with Crippen LogP contribution >= 0.6 is 0 Å². The fraction of sp³-hybridized carbons (Fsp3) is 0.500. The van der Waals surface area contributed by atoms with E-state index in [1.807, 2.05) is 6.92 Å². The molecule has 2 aromatic rings. The maximum Gasteiger partial charge on any atom is 0.243 e. The van der Waals surface area contributed by atoms with E-state index in [0.29, 0.717) is 31.8 Å². The molecule has 1 aromatic carbocycles. The van der Waals surface area contributed by atoms with Gasteiger partial charge in [0.1, 0.15) is 11.4 Å². The molecular weight excluding hydrogens is 382 g/mol. The highest BCUT2D eigenvalue weighted by atomic mass is 32.2. The Morgan fingerprint density at radius 2 is 2.07 bits per heavy atom. The minimum Gasteiger partial charge on any atom is -0.496 e. The molecular formula is C18H23N5O4S. The molecule has 0 bridgehead atoms. The molecule has 2 saturated heterocycles. The molecule has 0 aliphatic carbocycles. The average molecular weight is 405 g/mol. The number of aromatic nitrogens is 3. The number of aryl methyl sites for hydroxylation is 1. The van der Waals surface area contributed by atoms with Gasteiger partial charge < -0.3 is 9.64 Å². The van der Waals surface area contributed by atoms with Crippen LogP contribution in [0.2, 0.25) is 0 Å². The lowest BCUT2D eigenvalue weighted by atomic mass is 10.2. The van der Waals surface area contributed by atoms with E-state index in [-0.39, 0.29) is 16.8 Å². The molecule has 3 heterocycles. The van der Waals surface area contributed by atoms with Gasteiger partial charge in [0.25, 0.3) is 0 Å². The predicted molar refractivity (Wildman–Crippen MR) is 100 cm³/mol. The lowest BCUT2D eigenvalue weighted by Crippen LogP contribution is -2.50. The van der Waals surface area contributed by atoms with Gasteiger partial charge in [-0.05, 0) is 37.1 Å². The van der Waals surface area contributed by atoms with Crippen molar-refractivity contribution in [3.63, 3.8) is 0 Å². The highest BCUT2D eigenvalue weighted by Gasteiger charge is 2.38. The summed E-state index contributed by atoms with van der Waals surface area (Å²) in [6.45, 7) is 3.72. The van der Waals surface area contributed by atoms with E-state index >= 15 is 0 Å². The number of nitrogens with zero attached hydrogens (tertiary/aromatic N) is 5. The largest absolute Gasteiger partial charge is 0.496 e. The summed E-state index contributed by atoms with van der Waals surface area (Å²) in [6, 6.07) is 4.81. The summed E-state index contributed by atoms with van der Waals surface area (Å²) >= 11 is 0. The van der Waals surface area contributed by atoms with Crippen molar-refractivity contribution in [2.45, 2.75) is 37.2 Å². The quantitative estimate of drug-likeness (QED) is 0.710. The van der Waals surface area contributed by atoms with Crippen LogP contribution in [-0.2, 0) is 21.4 Å². The minimum atomic E-state index is -3.55. The van der Waals surface area contributed by atoms with E-state index in [4.69, 9.17) is 4.74 Å². The van der Waals surface area contributed by atoms with Gasteiger partial charge in [-0.15, -0.1) is 5.10 Å². The SMILES string of the molecule is COc1ccc(S(=O)(=O)N2CC(n3cc(CN4CCCC4=O)nn3)C2)cc1C. The fourth-order valence-corrected chi connectivity index (χ4v) is 5.17. The molecule has 10 heteroatoms. The second-order valence-corrected chi connectivity index (χ2v) is 9.15. The summed E-state index contributed by atoms with van der Waals surface area (Å²) in [7, 11) is -1.99. The number of ether oxygens (including phenoxy) is 1. The molecule has 4 rings (SSSR count). The first kappa shape index (κ1) is 18.9. The molecule has 0 spiro atoms. The topological polar surface area (TPSA) is 97.6 Å². The van der Waals surface area contributed by atoms with E-state index in [1.165, 1.54) is 4.31 Å². The summed E-state index contributed by atoms with van der Waals surface area (Å²) in [5.41, 5.74) is 1.50. The normalized spacial score (nSPS) is 18.5.